The number of hydrogen-bond acceptors (Lipinski definition) is 4. The standard InChI is InChI=1S/C13H25N5O2S/c1-2-14-10-13-4-3-7-18(11-13)21(19,20)16-6-9-17-8-5-15-12-17/h5,8,12-14,16H,2-4,6-7,9-11H2,1H3. The first-order chi connectivity index (χ1) is 10.1. The van der Waals surface area contributed by atoms with E-state index in [0.717, 1.165) is 25.9 Å². The summed E-state index contributed by atoms with van der Waals surface area (Å²) in [6.45, 7) is 6.07. The summed E-state index contributed by atoms with van der Waals surface area (Å²) in [4.78, 5) is 3.93. The zero-order valence-corrected chi connectivity index (χ0v) is 13.3. The maximum absolute atomic E-state index is 12.3. The Hall–Kier alpha value is -0.960. The average Bonchev–Trinajstić information content (AvgIpc) is 2.98. The first-order valence-corrected chi connectivity index (χ1v) is 8.97. The maximum Gasteiger partial charge on any atom is 0.279 e. The predicted molar refractivity (Wildman–Crippen MR) is 82.0 cm³/mol. The van der Waals surface area contributed by atoms with Gasteiger partial charge in [0.2, 0.25) is 0 Å². The molecule has 2 rings (SSSR count). The Morgan fingerprint density at radius 3 is 3.00 bits per heavy atom. The molecule has 2 heterocycles. The van der Waals surface area contributed by atoms with Crippen LogP contribution in [-0.2, 0) is 16.8 Å². The van der Waals surface area contributed by atoms with Gasteiger partial charge >= 0.3 is 0 Å². The summed E-state index contributed by atoms with van der Waals surface area (Å²) in [5, 5.41) is 3.30. The Morgan fingerprint density at radius 2 is 2.29 bits per heavy atom. The van der Waals surface area contributed by atoms with Crippen molar-refractivity contribution in [2.75, 3.05) is 32.7 Å². The minimum absolute atomic E-state index is 0.382. The third kappa shape index (κ3) is 5.06. The van der Waals surface area contributed by atoms with Crippen LogP contribution in [0.25, 0.3) is 0 Å². The molecule has 0 bridgehead atoms. The molecule has 1 fully saturated rings. The van der Waals surface area contributed by atoms with Crippen LogP contribution < -0.4 is 10.0 Å². The number of imidazole rings is 1. The molecule has 0 aliphatic carbocycles. The van der Waals surface area contributed by atoms with Crippen molar-refractivity contribution in [2.24, 2.45) is 5.92 Å². The van der Waals surface area contributed by atoms with E-state index in [9.17, 15) is 8.42 Å². The molecule has 1 aliphatic rings. The van der Waals surface area contributed by atoms with Crippen LogP contribution in [0, 0.1) is 5.92 Å². The van der Waals surface area contributed by atoms with E-state index in [-0.39, 0.29) is 0 Å². The molecule has 8 heteroatoms. The predicted octanol–water partition coefficient (Wildman–Crippen LogP) is 0.0390. The second kappa shape index (κ2) is 7.88. The number of nitrogens with zero attached hydrogens (tertiary/aromatic N) is 3. The van der Waals surface area contributed by atoms with Gasteiger partial charge in [-0.1, -0.05) is 6.92 Å². The van der Waals surface area contributed by atoms with E-state index >= 15 is 0 Å². The monoisotopic (exact) mass is 315 g/mol. The quantitative estimate of drug-likeness (QED) is 0.710. The SMILES string of the molecule is CCNCC1CCCN(S(=O)(=O)NCCn2ccnc2)C1. The summed E-state index contributed by atoms with van der Waals surface area (Å²) >= 11 is 0. The summed E-state index contributed by atoms with van der Waals surface area (Å²) in [6, 6.07) is 0. The fourth-order valence-corrected chi connectivity index (χ4v) is 3.88. The lowest BCUT2D eigenvalue weighted by molar-refractivity contribution is 0.258. The molecule has 1 aliphatic heterocycles. The van der Waals surface area contributed by atoms with Crippen molar-refractivity contribution < 1.29 is 8.42 Å². The summed E-state index contributed by atoms with van der Waals surface area (Å²) in [7, 11) is -3.37. The number of hydrogen-bond donors (Lipinski definition) is 2. The molecule has 0 aromatic carbocycles. The normalized spacial score (nSPS) is 20.7. The van der Waals surface area contributed by atoms with Gasteiger partial charge in [-0.25, -0.2) is 9.71 Å². The Bertz CT molecular complexity index is 503. The molecule has 0 amide bonds. The summed E-state index contributed by atoms with van der Waals surface area (Å²) in [5.41, 5.74) is 0. The molecule has 1 saturated heterocycles. The van der Waals surface area contributed by atoms with Crippen LogP contribution in [0.2, 0.25) is 0 Å². The summed E-state index contributed by atoms with van der Waals surface area (Å²) in [6.07, 6.45) is 7.21. The second-order valence-electron chi connectivity index (χ2n) is 5.37. The topological polar surface area (TPSA) is 79.3 Å². The molecule has 1 atom stereocenters. The number of nitrogens with one attached hydrogen (secondary N) is 2. The Labute approximate surface area is 126 Å². The number of rotatable bonds is 8. The third-order valence-electron chi connectivity index (χ3n) is 3.72. The van der Waals surface area contributed by atoms with Crippen LogP contribution in [-0.4, -0.2) is 55.0 Å². The lowest BCUT2D eigenvalue weighted by Crippen LogP contribution is -2.48. The molecular formula is C13H25N5O2S. The van der Waals surface area contributed by atoms with Crippen molar-refractivity contribution in [3.63, 3.8) is 0 Å². The van der Waals surface area contributed by atoms with E-state index in [1.807, 2.05) is 10.8 Å². The molecule has 0 radical (unpaired) electrons. The van der Waals surface area contributed by atoms with Gasteiger partial charge in [0.05, 0.1) is 6.33 Å². The average molecular weight is 315 g/mol. The van der Waals surface area contributed by atoms with Crippen molar-refractivity contribution >= 4 is 10.2 Å². The van der Waals surface area contributed by atoms with Gasteiger partial charge in [0.1, 0.15) is 0 Å². The molecule has 1 unspecified atom stereocenters. The second-order valence-corrected chi connectivity index (χ2v) is 7.13. The molecule has 2 N–H and O–H groups in total. The minimum atomic E-state index is -3.37. The molecule has 1 aromatic heterocycles. The van der Waals surface area contributed by atoms with Crippen LogP contribution >= 0.6 is 0 Å². The van der Waals surface area contributed by atoms with E-state index < -0.39 is 10.2 Å². The first-order valence-electron chi connectivity index (χ1n) is 7.53. The Kier molecular flexibility index (Phi) is 6.16. The van der Waals surface area contributed by atoms with Crippen molar-refractivity contribution in [3.05, 3.63) is 18.7 Å². The zero-order chi connectivity index (χ0) is 15.1. The summed E-state index contributed by atoms with van der Waals surface area (Å²) in [5.74, 6) is 0.406. The number of piperidine rings is 1. The van der Waals surface area contributed by atoms with Gasteiger partial charge in [-0.05, 0) is 31.8 Å². The van der Waals surface area contributed by atoms with Crippen LogP contribution in [0.1, 0.15) is 19.8 Å². The molecule has 1 aromatic rings. The van der Waals surface area contributed by atoms with Crippen molar-refractivity contribution in [3.8, 4) is 0 Å². The fourth-order valence-electron chi connectivity index (χ4n) is 2.57. The highest BCUT2D eigenvalue weighted by Crippen LogP contribution is 2.17. The van der Waals surface area contributed by atoms with E-state index in [0.29, 0.717) is 32.1 Å². The molecule has 120 valence electrons. The Morgan fingerprint density at radius 1 is 1.43 bits per heavy atom. The lowest BCUT2D eigenvalue weighted by atomic mass is 10.00. The highest BCUT2D eigenvalue weighted by molar-refractivity contribution is 7.87. The van der Waals surface area contributed by atoms with E-state index in [4.69, 9.17) is 0 Å². The van der Waals surface area contributed by atoms with Crippen molar-refractivity contribution in [1.82, 2.24) is 23.9 Å². The maximum atomic E-state index is 12.3. The third-order valence-corrected chi connectivity index (χ3v) is 5.30. The van der Waals surface area contributed by atoms with E-state index in [1.54, 1.807) is 16.8 Å². The highest BCUT2D eigenvalue weighted by atomic mass is 32.2. The lowest BCUT2D eigenvalue weighted by Gasteiger charge is -2.32. The smallest absolute Gasteiger partial charge is 0.279 e. The van der Waals surface area contributed by atoms with Crippen LogP contribution in [0.4, 0.5) is 0 Å². The van der Waals surface area contributed by atoms with E-state index in [1.165, 1.54) is 0 Å². The van der Waals surface area contributed by atoms with Gasteiger partial charge in [0.15, 0.2) is 0 Å². The van der Waals surface area contributed by atoms with Crippen LogP contribution in [0.3, 0.4) is 0 Å². The van der Waals surface area contributed by atoms with Gasteiger partial charge in [0, 0.05) is 38.6 Å². The first kappa shape index (κ1) is 16.4. The van der Waals surface area contributed by atoms with Gasteiger partial charge < -0.3 is 9.88 Å². The van der Waals surface area contributed by atoms with Gasteiger partial charge in [-0.3, -0.25) is 0 Å². The minimum Gasteiger partial charge on any atom is -0.336 e. The Balaban J connectivity index is 1.80. The van der Waals surface area contributed by atoms with Gasteiger partial charge in [0.25, 0.3) is 10.2 Å². The largest absolute Gasteiger partial charge is 0.336 e. The highest BCUT2D eigenvalue weighted by Gasteiger charge is 2.28. The molecule has 0 spiro atoms. The number of aromatic nitrogens is 2. The molecular weight excluding hydrogens is 290 g/mol. The molecule has 7 nitrogen and oxygen atoms in total. The van der Waals surface area contributed by atoms with Crippen molar-refractivity contribution in [1.29, 1.82) is 0 Å². The van der Waals surface area contributed by atoms with Crippen LogP contribution in [0.15, 0.2) is 18.7 Å². The zero-order valence-electron chi connectivity index (χ0n) is 12.5. The molecule has 21 heavy (non-hydrogen) atoms. The van der Waals surface area contributed by atoms with Crippen molar-refractivity contribution in [2.45, 2.75) is 26.3 Å². The molecule has 0 saturated carbocycles. The van der Waals surface area contributed by atoms with E-state index in [2.05, 4.69) is 21.9 Å². The van der Waals surface area contributed by atoms with Crippen LogP contribution in [0.5, 0.6) is 0 Å². The summed E-state index contributed by atoms with van der Waals surface area (Å²) < 4.78 is 30.7. The fraction of sp³-hybridized carbons (Fsp3) is 0.769. The van der Waals surface area contributed by atoms with Gasteiger partial charge in [-0.2, -0.15) is 12.7 Å². The van der Waals surface area contributed by atoms with Gasteiger partial charge in [-0.15, -0.1) is 0 Å².